The van der Waals surface area contributed by atoms with Crippen molar-refractivity contribution in [3.8, 4) is 11.5 Å². The van der Waals surface area contributed by atoms with E-state index in [9.17, 15) is 0 Å². The van der Waals surface area contributed by atoms with Crippen molar-refractivity contribution in [1.82, 2.24) is 10.4 Å². The molecule has 0 spiro atoms. The van der Waals surface area contributed by atoms with Crippen LogP contribution in [0.3, 0.4) is 0 Å². The highest BCUT2D eigenvalue weighted by Gasteiger charge is 2.20. The van der Waals surface area contributed by atoms with Gasteiger partial charge in [0.1, 0.15) is 11.5 Å². The number of nitrogens with zero attached hydrogens (tertiary/aromatic N) is 1. The molecule has 1 atom stereocenters. The van der Waals surface area contributed by atoms with Crippen LogP contribution < -0.4 is 20.7 Å². The van der Waals surface area contributed by atoms with Gasteiger partial charge in [-0.25, -0.2) is 0 Å². The molecule has 0 radical (unpaired) electrons. The van der Waals surface area contributed by atoms with Crippen LogP contribution in [0.25, 0.3) is 0 Å². The number of hydrogen-bond donors (Lipinski definition) is 2. The maximum absolute atomic E-state index is 5.74. The summed E-state index contributed by atoms with van der Waals surface area (Å²) >= 11 is 3.42. The Kier molecular flexibility index (Phi) is 5.55. The van der Waals surface area contributed by atoms with Gasteiger partial charge in [-0.1, -0.05) is 6.07 Å². The minimum Gasteiger partial charge on any atom is -0.496 e. The highest BCUT2D eigenvalue weighted by atomic mass is 79.9. The molecular weight excluding hydrogens is 334 g/mol. The number of aromatic nitrogens is 1. The first-order valence-corrected chi connectivity index (χ1v) is 7.25. The third-order valence-corrected chi connectivity index (χ3v) is 3.65. The van der Waals surface area contributed by atoms with E-state index < -0.39 is 0 Å². The number of ether oxygens (including phenoxy) is 2. The largest absolute Gasteiger partial charge is 0.496 e. The van der Waals surface area contributed by atoms with Gasteiger partial charge < -0.3 is 9.47 Å². The van der Waals surface area contributed by atoms with Gasteiger partial charge in [0, 0.05) is 16.9 Å². The molecule has 0 amide bonds. The van der Waals surface area contributed by atoms with Crippen molar-refractivity contribution in [2.45, 2.75) is 12.5 Å². The summed E-state index contributed by atoms with van der Waals surface area (Å²) in [4.78, 5) is 4.17. The van der Waals surface area contributed by atoms with Gasteiger partial charge in [0.2, 0.25) is 0 Å². The summed E-state index contributed by atoms with van der Waals surface area (Å²) in [5.41, 5.74) is 4.78. The van der Waals surface area contributed by atoms with E-state index >= 15 is 0 Å². The second-order valence-electron chi connectivity index (χ2n) is 4.51. The topological polar surface area (TPSA) is 69.4 Å². The third kappa shape index (κ3) is 3.72. The highest BCUT2D eigenvalue weighted by molar-refractivity contribution is 9.10. The number of benzene rings is 1. The van der Waals surface area contributed by atoms with Crippen LogP contribution >= 0.6 is 15.9 Å². The lowest BCUT2D eigenvalue weighted by Gasteiger charge is -2.21. The maximum atomic E-state index is 5.74. The minimum absolute atomic E-state index is 0.146. The number of nitrogens with one attached hydrogen (secondary N) is 1. The van der Waals surface area contributed by atoms with E-state index in [4.69, 9.17) is 15.3 Å². The summed E-state index contributed by atoms with van der Waals surface area (Å²) in [6.45, 7) is 0. The minimum atomic E-state index is -0.146. The highest BCUT2D eigenvalue weighted by Crippen LogP contribution is 2.35. The lowest BCUT2D eigenvalue weighted by molar-refractivity contribution is 0.370. The molecule has 112 valence electrons. The van der Waals surface area contributed by atoms with Crippen molar-refractivity contribution in [1.29, 1.82) is 0 Å². The molecule has 0 bridgehead atoms. The van der Waals surface area contributed by atoms with E-state index in [1.807, 2.05) is 30.5 Å². The average molecular weight is 352 g/mol. The summed E-state index contributed by atoms with van der Waals surface area (Å²) in [5.74, 6) is 7.22. The standard InChI is InChI=1S/C15H18BrN3O2/c1-20-13-4-3-5-14(21-2)15(13)12(19-17)7-10-6-11(16)9-18-8-10/h3-6,8-9,12,19H,7,17H2,1-2H3. The van der Waals surface area contributed by atoms with E-state index in [0.717, 1.165) is 27.1 Å². The van der Waals surface area contributed by atoms with Crippen molar-refractivity contribution in [2.24, 2.45) is 5.84 Å². The summed E-state index contributed by atoms with van der Waals surface area (Å²) in [6, 6.07) is 7.53. The summed E-state index contributed by atoms with van der Waals surface area (Å²) < 4.78 is 11.8. The van der Waals surface area contributed by atoms with Crippen molar-refractivity contribution >= 4 is 15.9 Å². The lowest BCUT2D eigenvalue weighted by Crippen LogP contribution is -2.30. The first-order chi connectivity index (χ1) is 10.2. The Hall–Kier alpha value is -1.63. The Morgan fingerprint density at radius 1 is 1.24 bits per heavy atom. The molecule has 21 heavy (non-hydrogen) atoms. The van der Waals surface area contributed by atoms with E-state index in [2.05, 4.69) is 26.3 Å². The van der Waals surface area contributed by atoms with Crippen molar-refractivity contribution in [3.05, 3.63) is 52.3 Å². The third-order valence-electron chi connectivity index (χ3n) is 3.22. The molecule has 0 aliphatic carbocycles. The Labute approximate surface area is 132 Å². The molecular formula is C15H18BrN3O2. The maximum Gasteiger partial charge on any atom is 0.127 e. The molecule has 5 nitrogen and oxygen atoms in total. The molecule has 0 saturated heterocycles. The molecule has 3 N–H and O–H groups in total. The Morgan fingerprint density at radius 2 is 1.90 bits per heavy atom. The van der Waals surface area contributed by atoms with Gasteiger partial charge in [0.25, 0.3) is 0 Å². The second kappa shape index (κ2) is 7.40. The number of pyridine rings is 1. The van der Waals surface area contributed by atoms with Gasteiger partial charge in [-0.15, -0.1) is 0 Å². The molecule has 2 aromatic rings. The first kappa shape index (κ1) is 15.8. The molecule has 0 fully saturated rings. The zero-order chi connectivity index (χ0) is 15.2. The monoisotopic (exact) mass is 351 g/mol. The Morgan fingerprint density at radius 3 is 2.43 bits per heavy atom. The van der Waals surface area contributed by atoms with Gasteiger partial charge in [-0.2, -0.15) is 0 Å². The van der Waals surface area contributed by atoms with Crippen molar-refractivity contribution in [2.75, 3.05) is 14.2 Å². The van der Waals surface area contributed by atoms with E-state index in [0.29, 0.717) is 6.42 Å². The van der Waals surface area contributed by atoms with E-state index in [1.165, 1.54) is 0 Å². The van der Waals surface area contributed by atoms with Crippen LogP contribution in [-0.4, -0.2) is 19.2 Å². The van der Waals surface area contributed by atoms with Crippen LogP contribution in [0, 0.1) is 0 Å². The normalized spacial score (nSPS) is 12.0. The number of nitrogens with two attached hydrogens (primary N) is 1. The van der Waals surface area contributed by atoms with Crippen LogP contribution in [-0.2, 0) is 6.42 Å². The molecule has 0 aliphatic heterocycles. The van der Waals surface area contributed by atoms with Gasteiger partial charge in [0.05, 0.1) is 25.8 Å². The van der Waals surface area contributed by atoms with Crippen molar-refractivity contribution in [3.63, 3.8) is 0 Å². The summed E-state index contributed by atoms with van der Waals surface area (Å²) in [7, 11) is 3.26. The molecule has 1 heterocycles. The van der Waals surface area contributed by atoms with Crippen LogP contribution in [0.15, 0.2) is 41.1 Å². The SMILES string of the molecule is COc1cccc(OC)c1C(Cc1cncc(Br)c1)NN. The molecule has 0 saturated carbocycles. The fraction of sp³-hybridized carbons (Fsp3) is 0.267. The second-order valence-corrected chi connectivity index (χ2v) is 5.43. The number of hydrogen-bond acceptors (Lipinski definition) is 5. The van der Waals surface area contributed by atoms with Gasteiger partial charge in [-0.05, 0) is 46.1 Å². The summed E-state index contributed by atoms with van der Waals surface area (Å²) in [6.07, 6.45) is 4.23. The van der Waals surface area contributed by atoms with Gasteiger partial charge >= 0.3 is 0 Å². The predicted octanol–water partition coefficient (Wildman–Crippen LogP) is 2.61. The number of rotatable bonds is 6. The molecule has 1 unspecified atom stereocenters. The Bertz CT molecular complexity index is 585. The number of methoxy groups -OCH3 is 2. The first-order valence-electron chi connectivity index (χ1n) is 6.46. The molecule has 2 rings (SSSR count). The van der Waals surface area contributed by atoms with Gasteiger partial charge in [-0.3, -0.25) is 16.3 Å². The fourth-order valence-electron chi connectivity index (χ4n) is 2.27. The molecule has 1 aromatic heterocycles. The number of halogens is 1. The van der Waals surface area contributed by atoms with Crippen LogP contribution in [0.5, 0.6) is 11.5 Å². The van der Waals surface area contributed by atoms with Crippen LogP contribution in [0.2, 0.25) is 0 Å². The van der Waals surface area contributed by atoms with Crippen molar-refractivity contribution < 1.29 is 9.47 Å². The van der Waals surface area contributed by atoms with Crippen LogP contribution in [0.1, 0.15) is 17.2 Å². The smallest absolute Gasteiger partial charge is 0.127 e. The van der Waals surface area contributed by atoms with E-state index in [-0.39, 0.29) is 6.04 Å². The quantitative estimate of drug-likeness (QED) is 0.618. The fourth-order valence-corrected chi connectivity index (χ4v) is 2.68. The average Bonchev–Trinajstić information content (AvgIpc) is 2.52. The van der Waals surface area contributed by atoms with Gasteiger partial charge in [0.15, 0.2) is 0 Å². The zero-order valence-corrected chi connectivity index (χ0v) is 13.6. The van der Waals surface area contributed by atoms with Crippen LogP contribution in [0.4, 0.5) is 0 Å². The van der Waals surface area contributed by atoms with E-state index in [1.54, 1.807) is 20.4 Å². The lowest BCUT2D eigenvalue weighted by atomic mass is 9.98. The molecule has 1 aromatic carbocycles. The zero-order valence-electron chi connectivity index (χ0n) is 12.0. The Balaban J connectivity index is 2.37. The molecule has 6 heteroatoms. The summed E-state index contributed by atoms with van der Waals surface area (Å²) in [5, 5.41) is 0. The predicted molar refractivity (Wildman–Crippen MR) is 85.3 cm³/mol. The molecule has 0 aliphatic rings. The number of hydrazine groups is 1.